The average molecular weight is 275 g/mol. The lowest BCUT2D eigenvalue weighted by Crippen LogP contribution is -2.23. The summed E-state index contributed by atoms with van der Waals surface area (Å²) < 4.78 is 15.4. The Hall–Kier alpha value is -2.30. The van der Waals surface area contributed by atoms with Crippen LogP contribution in [0.3, 0.4) is 0 Å². The van der Waals surface area contributed by atoms with Crippen molar-refractivity contribution in [3.8, 4) is 0 Å². The van der Waals surface area contributed by atoms with Gasteiger partial charge in [0.25, 0.3) is 5.56 Å². The van der Waals surface area contributed by atoms with E-state index >= 15 is 0 Å². The fraction of sp³-hybridized carbons (Fsp3) is 0.267. The third-order valence-corrected chi connectivity index (χ3v) is 3.32. The molecule has 0 aliphatic heterocycles. The highest BCUT2D eigenvalue weighted by molar-refractivity contribution is 5.70. The first-order valence-corrected chi connectivity index (χ1v) is 6.45. The van der Waals surface area contributed by atoms with E-state index in [1.54, 1.807) is 26.1 Å². The van der Waals surface area contributed by atoms with Gasteiger partial charge in [0.15, 0.2) is 0 Å². The minimum Gasteiger partial charge on any atom is -0.396 e. The van der Waals surface area contributed by atoms with E-state index in [9.17, 15) is 9.18 Å². The van der Waals surface area contributed by atoms with E-state index in [0.717, 1.165) is 12.0 Å². The van der Waals surface area contributed by atoms with Gasteiger partial charge in [-0.2, -0.15) is 0 Å². The Morgan fingerprint density at radius 3 is 2.65 bits per heavy atom. The van der Waals surface area contributed by atoms with E-state index in [2.05, 4.69) is 5.32 Å². The molecule has 0 unspecified atom stereocenters. The van der Waals surface area contributed by atoms with Crippen LogP contribution >= 0.6 is 0 Å². The molecule has 106 valence electrons. The number of rotatable bonds is 3. The van der Waals surface area contributed by atoms with Crippen molar-refractivity contribution in [3.63, 3.8) is 0 Å². The molecule has 1 heterocycles. The monoisotopic (exact) mass is 275 g/mol. The van der Waals surface area contributed by atoms with Crippen LogP contribution in [0.1, 0.15) is 18.1 Å². The highest BCUT2D eigenvalue weighted by Crippen LogP contribution is 2.24. The predicted octanol–water partition coefficient (Wildman–Crippen LogP) is 2.72. The Balaban J connectivity index is 2.45. The van der Waals surface area contributed by atoms with Gasteiger partial charge in [0, 0.05) is 12.6 Å². The zero-order valence-corrected chi connectivity index (χ0v) is 11.8. The van der Waals surface area contributed by atoms with Gasteiger partial charge < -0.3 is 11.1 Å². The second-order valence-electron chi connectivity index (χ2n) is 4.79. The molecule has 0 bridgehead atoms. The Bertz CT molecular complexity index is 707. The van der Waals surface area contributed by atoms with Gasteiger partial charge >= 0.3 is 0 Å². The number of nitrogens with two attached hydrogens (primary N) is 1. The normalized spacial score (nSPS) is 10.6. The van der Waals surface area contributed by atoms with Crippen LogP contribution < -0.4 is 16.6 Å². The molecule has 20 heavy (non-hydrogen) atoms. The standard InChI is InChI=1S/C15H18FN3O/c1-4-10-5-6-13(11(16)8-10)18-14-12(17)7-9(2)15(20)19(14)3/h5-8,18H,4,17H2,1-3H3. The van der Waals surface area contributed by atoms with Gasteiger partial charge in [0.2, 0.25) is 0 Å². The minimum atomic E-state index is -0.364. The van der Waals surface area contributed by atoms with Crippen molar-refractivity contribution in [1.29, 1.82) is 0 Å². The molecule has 0 amide bonds. The van der Waals surface area contributed by atoms with Gasteiger partial charge in [-0.3, -0.25) is 9.36 Å². The molecular weight excluding hydrogens is 257 g/mol. The van der Waals surface area contributed by atoms with E-state index in [1.165, 1.54) is 10.6 Å². The number of nitrogens with one attached hydrogen (secondary N) is 1. The number of nitrogen functional groups attached to an aromatic ring is 1. The smallest absolute Gasteiger partial charge is 0.254 e. The van der Waals surface area contributed by atoms with E-state index < -0.39 is 0 Å². The summed E-state index contributed by atoms with van der Waals surface area (Å²) in [4.78, 5) is 11.9. The van der Waals surface area contributed by atoms with Crippen molar-refractivity contribution < 1.29 is 4.39 Å². The van der Waals surface area contributed by atoms with Crippen molar-refractivity contribution in [2.45, 2.75) is 20.3 Å². The van der Waals surface area contributed by atoms with Crippen molar-refractivity contribution in [3.05, 3.63) is 51.6 Å². The predicted molar refractivity (Wildman–Crippen MR) is 79.9 cm³/mol. The number of anilines is 3. The molecule has 0 fully saturated rings. The molecule has 0 atom stereocenters. The second kappa shape index (κ2) is 5.36. The summed E-state index contributed by atoms with van der Waals surface area (Å²) >= 11 is 0. The first kappa shape index (κ1) is 14.1. The molecule has 3 N–H and O–H groups in total. The molecule has 5 heteroatoms. The van der Waals surface area contributed by atoms with Crippen LogP contribution in [-0.4, -0.2) is 4.57 Å². The molecule has 0 saturated heterocycles. The van der Waals surface area contributed by atoms with Crippen molar-refractivity contribution in [2.24, 2.45) is 7.05 Å². The Labute approximate surface area is 117 Å². The van der Waals surface area contributed by atoms with Gasteiger partial charge in [-0.1, -0.05) is 13.0 Å². The first-order chi connectivity index (χ1) is 9.43. The average Bonchev–Trinajstić information content (AvgIpc) is 2.42. The third-order valence-electron chi connectivity index (χ3n) is 3.32. The maximum absolute atomic E-state index is 14.0. The minimum absolute atomic E-state index is 0.160. The van der Waals surface area contributed by atoms with Gasteiger partial charge in [0.05, 0.1) is 11.4 Å². The van der Waals surface area contributed by atoms with E-state index in [4.69, 9.17) is 5.73 Å². The highest BCUT2D eigenvalue weighted by Gasteiger charge is 2.10. The molecular formula is C15H18FN3O. The number of pyridine rings is 1. The van der Waals surface area contributed by atoms with Crippen LogP contribution in [0.2, 0.25) is 0 Å². The Morgan fingerprint density at radius 2 is 2.05 bits per heavy atom. The summed E-state index contributed by atoms with van der Waals surface area (Å²) in [6.07, 6.45) is 0.766. The summed E-state index contributed by atoms with van der Waals surface area (Å²) in [5.41, 5.74) is 7.91. The number of benzene rings is 1. The Kier molecular flexibility index (Phi) is 3.79. The highest BCUT2D eigenvalue weighted by atomic mass is 19.1. The number of nitrogens with zero attached hydrogens (tertiary/aromatic N) is 1. The largest absolute Gasteiger partial charge is 0.396 e. The molecule has 4 nitrogen and oxygen atoms in total. The lowest BCUT2D eigenvalue weighted by Gasteiger charge is -2.15. The topological polar surface area (TPSA) is 60.0 Å². The Morgan fingerprint density at radius 1 is 1.35 bits per heavy atom. The number of aryl methyl sites for hydroxylation is 2. The number of hydrogen-bond donors (Lipinski definition) is 2. The van der Waals surface area contributed by atoms with Crippen LogP contribution in [0.25, 0.3) is 0 Å². The van der Waals surface area contributed by atoms with Gasteiger partial charge in [0.1, 0.15) is 11.6 Å². The van der Waals surface area contributed by atoms with E-state index in [1.807, 2.05) is 13.0 Å². The number of aromatic nitrogens is 1. The summed E-state index contributed by atoms with van der Waals surface area (Å²) in [5.74, 6) is 0.0283. The summed E-state index contributed by atoms with van der Waals surface area (Å²) in [6.45, 7) is 3.66. The van der Waals surface area contributed by atoms with Crippen molar-refractivity contribution in [1.82, 2.24) is 4.57 Å². The molecule has 0 spiro atoms. The van der Waals surface area contributed by atoms with Crippen LogP contribution in [0, 0.1) is 12.7 Å². The SMILES string of the molecule is CCc1ccc(Nc2c(N)cc(C)c(=O)n2C)c(F)c1. The maximum atomic E-state index is 14.0. The quantitative estimate of drug-likeness (QED) is 0.905. The van der Waals surface area contributed by atoms with Crippen molar-refractivity contribution >= 4 is 17.2 Å². The fourth-order valence-electron chi connectivity index (χ4n) is 2.09. The lowest BCUT2D eigenvalue weighted by molar-refractivity contribution is 0.629. The zero-order chi connectivity index (χ0) is 14.9. The fourth-order valence-corrected chi connectivity index (χ4v) is 2.09. The van der Waals surface area contributed by atoms with Gasteiger partial charge in [-0.05, 0) is 37.1 Å². The third kappa shape index (κ3) is 2.52. The van der Waals surface area contributed by atoms with Crippen molar-refractivity contribution in [2.75, 3.05) is 11.1 Å². The summed E-state index contributed by atoms with van der Waals surface area (Å²) in [5, 5.41) is 2.89. The van der Waals surface area contributed by atoms with Gasteiger partial charge in [-0.15, -0.1) is 0 Å². The molecule has 1 aromatic heterocycles. The van der Waals surface area contributed by atoms with Crippen LogP contribution in [0.15, 0.2) is 29.1 Å². The van der Waals surface area contributed by atoms with Crippen LogP contribution in [0.4, 0.5) is 21.6 Å². The molecule has 0 saturated carbocycles. The first-order valence-electron chi connectivity index (χ1n) is 6.45. The maximum Gasteiger partial charge on any atom is 0.254 e. The second-order valence-corrected chi connectivity index (χ2v) is 4.79. The number of halogens is 1. The van der Waals surface area contributed by atoms with Crippen LogP contribution in [-0.2, 0) is 13.5 Å². The molecule has 0 aliphatic rings. The molecule has 0 radical (unpaired) electrons. The van der Waals surface area contributed by atoms with E-state index in [0.29, 0.717) is 22.8 Å². The summed E-state index contributed by atoms with van der Waals surface area (Å²) in [6, 6.07) is 6.56. The molecule has 2 rings (SSSR count). The molecule has 2 aromatic rings. The lowest BCUT2D eigenvalue weighted by atomic mass is 10.1. The van der Waals surface area contributed by atoms with E-state index in [-0.39, 0.29) is 11.4 Å². The summed E-state index contributed by atoms with van der Waals surface area (Å²) in [7, 11) is 1.60. The van der Waals surface area contributed by atoms with Gasteiger partial charge in [-0.25, -0.2) is 4.39 Å². The molecule has 1 aromatic carbocycles. The van der Waals surface area contributed by atoms with Crippen LogP contribution in [0.5, 0.6) is 0 Å². The zero-order valence-electron chi connectivity index (χ0n) is 11.8. The number of hydrogen-bond acceptors (Lipinski definition) is 3. The molecule has 0 aliphatic carbocycles.